The van der Waals surface area contributed by atoms with Gasteiger partial charge in [0.15, 0.2) is 0 Å². The van der Waals surface area contributed by atoms with Gasteiger partial charge in [-0.3, -0.25) is 19.3 Å². The molecule has 2 aliphatic heterocycles. The highest BCUT2D eigenvalue weighted by atomic mass is 35.5. The second-order valence-electron chi connectivity index (χ2n) is 8.10. The topological polar surface area (TPSA) is 102 Å². The summed E-state index contributed by atoms with van der Waals surface area (Å²) < 4.78 is 10.6. The van der Waals surface area contributed by atoms with Gasteiger partial charge >= 0.3 is 11.9 Å². The van der Waals surface area contributed by atoms with Crippen molar-refractivity contribution in [2.45, 2.75) is 51.1 Å². The molecule has 1 fully saturated rings. The summed E-state index contributed by atoms with van der Waals surface area (Å²) in [4.78, 5) is 52.4. The highest BCUT2D eigenvalue weighted by Gasteiger charge is 2.56. The van der Waals surface area contributed by atoms with E-state index in [4.69, 9.17) is 21.1 Å². The van der Waals surface area contributed by atoms with Crippen LogP contribution in [0.4, 0.5) is 0 Å². The second kappa shape index (κ2) is 9.68. The van der Waals surface area contributed by atoms with E-state index < -0.39 is 34.9 Å². The molecule has 0 aliphatic carbocycles. The lowest BCUT2D eigenvalue weighted by Gasteiger charge is -2.50. The van der Waals surface area contributed by atoms with E-state index in [0.717, 1.165) is 4.88 Å². The molecule has 172 valence electrons. The predicted molar refractivity (Wildman–Crippen MR) is 122 cm³/mol. The van der Waals surface area contributed by atoms with Crippen molar-refractivity contribution in [2.75, 3.05) is 6.61 Å². The molecule has 1 unspecified atom stereocenters. The molecule has 1 aromatic heterocycles. The molecule has 8 nitrogen and oxygen atoms in total. The summed E-state index contributed by atoms with van der Waals surface area (Å²) in [5, 5.41) is 4.04. The molecule has 1 aromatic rings. The van der Waals surface area contributed by atoms with Gasteiger partial charge in [0, 0.05) is 27.8 Å². The van der Waals surface area contributed by atoms with E-state index in [1.807, 2.05) is 17.5 Å². The molecule has 11 heteroatoms. The van der Waals surface area contributed by atoms with Gasteiger partial charge in [0.25, 0.3) is 5.91 Å². The van der Waals surface area contributed by atoms with Crippen molar-refractivity contribution in [1.82, 2.24) is 10.2 Å². The third kappa shape index (κ3) is 5.36. The van der Waals surface area contributed by atoms with Crippen LogP contribution in [-0.2, 0) is 35.1 Å². The number of halogens is 1. The van der Waals surface area contributed by atoms with Gasteiger partial charge in [-0.25, -0.2) is 4.79 Å². The number of carbonyl (C=O) groups excluding carboxylic acids is 4. The number of amides is 2. The van der Waals surface area contributed by atoms with Crippen molar-refractivity contribution in [3.05, 3.63) is 44.1 Å². The summed E-state index contributed by atoms with van der Waals surface area (Å²) in [7, 11) is 0. The largest absolute Gasteiger partial charge is 0.461 e. The summed E-state index contributed by atoms with van der Waals surface area (Å²) in [6, 6.07) is 2.86. The normalized spacial score (nSPS) is 21.7. The third-order valence-corrected chi connectivity index (χ3v) is 7.02. The van der Waals surface area contributed by atoms with Gasteiger partial charge in [-0.05, 0) is 32.2 Å². The summed E-state index contributed by atoms with van der Waals surface area (Å²) in [5.74, 6) is -2.03. The Balaban J connectivity index is 1.88. The summed E-state index contributed by atoms with van der Waals surface area (Å²) in [6.45, 7) is 6.11. The fraction of sp³-hybridized carbons (Fsp3) is 0.429. The molecule has 0 aromatic carbocycles. The van der Waals surface area contributed by atoms with E-state index in [0.29, 0.717) is 4.91 Å². The Morgan fingerprint density at radius 3 is 2.59 bits per heavy atom. The van der Waals surface area contributed by atoms with Gasteiger partial charge < -0.3 is 14.8 Å². The van der Waals surface area contributed by atoms with Crippen LogP contribution in [-0.4, -0.2) is 52.3 Å². The fourth-order valence-electron chi connectivity index (χ4n) is 3.17. The van der Waals surface area contributed by atoms with Crippen molar-refractivity contribution < 1.29 is 28.7 Å². The zero-order valence-electron chi connectivity index (χ0n) is 18.0. The van der Waals surface area contributed by atoms with Gasteiger partial charge in [-0.1, -0.05) is 29.4 Å². The van der Waals surface area contributed by atoms with E-state index in [2.05, 4.69) is 5.32 Å². The Kier molecular flexibility index (Phi) is 7.36. The molecule has 32 heavy (non-hydrogen) atoms. The number of β-lactam (4-membered cyclic amide) rings is 1. The van der Waals surface area contributed by atoms with E-state index in [9.17, 15) is 19.2 Å². The van der Waals surface area contributed by atoms with E-state index in [-0.39, 0.29) is 30.2 Å². The summed E-state index contributed by atoms with van der Waals surface area (Å²) in [6.07, 6.45) is 0.156. The highest BCUT2D eigenvalue weighted by molar-refractivity contribution is 8.04. The molecule has 2 amide bonds. The molecule has 2 aliphatic rings. The van der Waals surface area contributed by atoms with E-state index in [1.54, 1.807) is 20.8 Å². The smallest absolute Gasteiger partial charge is 0.356 e. The molecular formula is C21H23ClN2O6S2. The number of thioether (sulfide) groups is 1. The maximum Gasteiger partial charge on any atom is 0.356 e. The lowest BCUT2D eigenvalue weighted by Crippen LogP contribution is -2.70. The first-order chi connectivity index (χ1) is 15.0. The standard InChI is InChI=1S/C21H23ClN2O6S2/c1-11(25)29-10-13-14(9-22)32-19-16(23-15(26)8-12-6-5-7-31-12)18(27)24(19)17(13)20(28)30-21(2,3)4/h5-7,9,16,19H,8,10H2,1-4H3,(H,23,26)/t16?,19-/m1/s1. The maximum atomic E-state index is 13.0. The molecule has 3 rings (SSSR count). The molecule has 3 heterocycles. The zero-order chi connectivity index (χ0) is 23.6. The first kappa shape index (κ1) is 24.3. The van der Waals surface area contributed by atoms with Crippen molar-refractivity contribution in [2.24, 2.45) is 0 Å². The lowest BCUT2D eigenvalue weighted by atomic mass is 10.0. The van der Waals surface area contributed by atoms with Crippen molar-refractivity contribution in [3.8, 4) is 0 Å². The van der Waals surface area contributed by atoms with E-state index in [1.165, 1.54) is 40.5 Å². The number of esters is 2. The molecule has 0 spiro atoms. The maximum absolute atomic E-state index is 13.0. The first-order valence-electron chi connectivity index (χ1n) is 9.74. The fourth-order valence-corrected chi connectivity index (χ4v) is 5.40. The second-order valence-corrected chi connectivity index (χ2v) is 10.5. The van der Waals surface area contributed by atoms with Crippen LogP contribution < -0.4 is 5.32 Å². The number of ether oxygens (including phenoxy) is 2. The number of hydrogen-bond acceptors (Lipinski definition) is 8. The average Bonchev–Trinajstić information content (AvgIpc) is 3.20. The van der Waals surface area contributed by atoms with Crippen LogP contribution in [0.3, 0.4) is 0 Å². The van der Waals surface area contributed by atoms with Crippen molar-refractivity contribution in [3.63, 3.8) is 0 Å². The molecule has 0 bridgehead atoms. The van der Waals surface area contributed by atoms with E-state index >= 15 is 0 Å². The number of nitrogens with zero attached hydrogens (tertiary/aromatic N) is 1. The number of thiophene rings is 1. The lowest BCUT2D eigenvalue weighted by molar-refractivity contribution is -0.159. The van der Waals surface area contributed by atoms with Crippen LogP contribution in [0.1, 0.15) is 32.6 Å². The number of fused-ring (bicyclic) bond motifs is 1. The van der Waals surface area contributed by atoms with Crippen LogP contribution in [0.25, 0.3) is 0 Å². The van der Waals surface area contributed by atoms with Crippen LogP contribution in [0.5, 0.6) is 0 Å². The molecule has 2 atom stereocenters. The Bertz CT molecular complexity index is 996. The van der Waals surface area contributed by atoms with Gasteiger partial charge in [-0.15, -0.1) is 11.3 Å². The Hall–Kier alpha value is -2.30. The zero-order valence-corrected chi connectivity index (χ0v) is 20.4. The van der Waals surface area contributed by atoms with Gasteiger partial charge in [-0.2, -0.15) is 0 Å². The quantitative estimate of drug-likeness (QED) is 0.475. The number of nitrogens with one attached hydrogen (secondary N) is 1. The van der Waals surface area contributed by atoms with Crippen molar-refractivity contribution in [1.29, 1.82) is 0 Å². The van der Waals surface area contributed by atoms with Crippen molar-refractivity contribution >= 4 is 58.5 Å². The van der Waals surface area contributed by atoms with Gasteiger partial charge in [0.2, 0.25) is 5.91 Å². The Labute approximate surface area is 198 Å². The Morgan fingerprint density at radius 2 is 2.03 bits per heavy atom. The molecular weight excluding hydrogens is 476 g/mol. The molecule has 1 saturated heterocycles. The molecule has 0 radical (unpaired) electrons. The number of hydrogen-bond donors (Lipinski definition) is 1. The number of carbonyl (C=O) groups is 4. The minimum Gasteiger partial charge on any atom is -0.461 e. The Morgan fingerprint density at radius 1 is 1.31 bits per heavy atom. The summed E-state index contributed by atoms with van der Waals surface area (Å²) in [5.41, 5.74) is 0.690. The molecule has 1 N–H and O–H groups in total. The monoisotopic (exact) mass is 498 g/mol. The third-order valence-electron chi connectivity index (χ3n) is 4.46. The molecule has 0 saturated carbocycles. The van der Waals surface area contributed by atoms with Crippen LogP contribution in [0, 0.1) is 0 Å². The average molecular weight is 499 g/mol. The SMILES string of the molecule is CC(=O)OCC1=C(C(=O)OC(C)(C)C)N2C(=O)C(NC(=O)Cc3cccs3)[C@H]2SC1=CCl. The van der Waals surface area contributed by atoms with Gasteiger partial charge in [0.05, 0.1) is 6.42 Å². The minimum atomic E-state index is -0.827. The van der Waals surface area contributed by atoms with Crippen LogP contribution >= 0.6 is 34.7 Å². The highest BCUT2D eigenvalue weighted by Crippen LogP contribution is 2.47. The first-order valence-corrected chi connectivity index (χ1v) is 11.9. The predicted octanol–water partition coefficient (Wildman–Crippen LogP) is 2.93. The van der Waals surface area contributed by atoms with Gasteiger partial charge in [0.1, 0.15) is 29.3 Å². The summed E-state index contributed by atoms with van der Waals surface area (Å²) >= 11 is 8.67. The van der Waals surface area contributed by atoms with Crippen LogP contribution in [0.2, 0.25) is 0 Å². The van der Waals surface area contributed by atoms with Crippen LogP contribution in [0.15, 0.2) is 39.2 Å². The minimum absolute atomic E-state index is 0.0365. The number of rotatable bonds is 6.